The van der Waals surface area contributed by atoms with Crippen molar-refractivity contribution in [2.75, 3.05) is 5.75 Å². The Morgan fingerprint density at radius 2 is 2.38 bits per heavy atom. The number of thioether (sulfide) groups is 1. The summed E-state index contributed by atoms with van der Waals surface area (Å²) in [7, 11) is 0. The lowest BCUT2D eigenvalue weighted by atomic mass is 10.1. The Morgan fingerprint density at radius 3 is 2.75 bits per heavy atom. The van der Waals surface area contributed by atoms with Gasteiger partial charge in [0.1, 0.15) is 0 Å². The summed E-state index contributed by atoms with van der Waals surface area (Å²) in [6, 6.07) is 0. The van der Waals surface area contributed by atoms with E-state index in [1.165, 1.54) is 11.1 Å². The molecule has 8 heavy (non-hydrogen) atoms. The number of allylic oxidation sites excluding steroid dienone is 2. The van der Waals surface area contributed by atoms with Gasteiger partial charge in [0.2, 0.25) is 0 Å². The highest BCUT2D eigenvalue weighted by Crippen LogP contribution is 2.19. The molecule has 0 spiro atoms. The molecule has 43 valence electrons. The summed E-state index contributed by atoms with van der Waals surface area (Å²) in [6.45, 7) is 4.22. The summed E-state index contributed by atoms with van der Waals surface area (Å²) in [5, 5.41) is 2.19. The molecule has 1 rings (SSSR count). The summed E-state index contributed by atoms with van der Waals surface area (Å²) < 4.78 is 0. The Kier molecular flexibility index (Phi) is 1.79. The van der Waals surface area contributed by atoms with Crippen molar-refractivity contribution in [3.05, 3.63) is 22.6 Å². The maximum atomic E-state index is 3.24. The van der Waals surface area contributed by atoms with Crippen LogP contribution in [0.15, 0.2) is 16.6 Å². The van der Waals surface area contributed by atoms with Gasteiger partial charge in [0.25, 0.3) is 0 Å². The first-order valence-electron chi connectivity index (χ1n) is 2.67. The molecule has 0 aromatic carbocycles. The van der Waals surface area contributed by atoms with Gasteiger partial charge >= 0.3 is 0 Å². The van der Waals surface area contributed by atoms with E-state index >= 15 is 0 Å². The number of rotatable bonds is 0. The minimum atomic E-state index is 1.03. The maximum absolute atomic E-state index is 3.24. The van der Waals surface area contributed by atoms with Crippen LogP contribution in [0.5, 0.6) is 0 Å². The Bertz CT molecular complexity index is 124. The van der Waals surface area contributed by atoms with Crippen molar-refractivity contribution in [3.8, 4) is 0 Å². The highest BCUT2D eigenvalue weighted by Gasteiger charge is 1.96. The molecular weight excluding hydrogens is 116 g/mol. The maximum Gasteiger partial charge on any atom is 0.0232 e. The van der Waals surface area contributed by atoms with Crippen molar-refractivity contribution in [2.24, 2.45) is 0 Å². The van der Waals surface area contributed by atoms with Gasteiger partial charge in [0, 0.05) is 5.75 Å². The van der Waals surface area contributed by atoms with E-state index in [1.54, 1.807) is 0 Å². The van der Waals surface area contributed by atoms with Crippen LogP contribution in [0.25, 0.3) is 0 Å². The highest BCUT2D eigenvalue weighted by molar-refractivity contribution is 8.02. The van der Waals surface area contributed by atoms with Gasteiger partial charge in [0.05, 0.1) is 0 Å². The standard InChI is InChI=1S/C7H9S/c1-6-3-4-8-5-7(6)2/h5H,4H2,1-2H3. The summed E-state index contributed by atoms with van der Waals surface area (Å²) >= 11 is 1.81. The first-order chi connectivity index (χ1) is 3.80. The molecule has 0 N–H and O–H groups in total. The molecule has 0 bridgehead atoms. The van der Waals surface area contributed by atoms with Crippen molar-refractivity contribution in [3.63, 3.8) is 0 Å². The Balaban J connectivity index is 2.73. The van der Waals surface area contributed by atoms with Gasteiger partial charge in [-0.25, -0.2) is 0 Å². The molecule has 0 saturated heterocycles. The molecule has 0 amide bonds. The third-order valence-corrected chi connectivity index (χ3v) is 2.10. The summed E-state index contributed by atoms with van der Waals surface area (Å²) in [4.78, 5) is 0. The van der Waals surface area contributed by atoms with Crippen molar-refractivity contribution < 1.29 is 0 Å². The van der Waals surface area contributed by atoms with Crippen molar-refractivity contribution in [1.82, 2.24) is 0 Å². The second kappa shape index (κ2) is 2.40. The number of hydrogen-bond acceptors (Lipinski definition) is 1. The molecular formula is C7H9S. The molecule has 0 nitrogen and oxygen atoms in total. The van der Waals surface area contributed by atoms with Crippen LogP contribution in [0.3, 0.4) is 0 Å². The van der Waals surface area contributed by atoms with Gasteiger partial charge in [0.15, 0.2) is 0 Å². The molecule has 0 aliphatic carbocycles. The molecule has 0 aromatic rings. The monoisotopic (exact) mass is 125 g/mol. The molecule has 0 fully saturated rings. The van der Waals surface area contributed by atoms with Crippen LogP contribution in [0.2, 0.25) is 0 Å². The second-order valence-corrected chi connectivity index (χ2v) is 2.77. The minimum Gasteiger partial charge on any atom is -0.129 e. The van der Waals surface area contributed by atoms with Crippen molar-refractivity contribution >= 4 is 11.8 Å². The fourth-order valence-corrected chi connectivity index (χ4v) is 1.35. The van der Waals surface area contributed by atoms with Crippen LogP contribution in [-0.4, -0.2) is 5.75 Å². The topological polar surface area (TPSA) is 0 Å². The lowest BCUT2D eigenvalue weighted by molar-refractivity contribution is 1.31. The SMILES string of the molecule is CC1=[C]CSC=C1C. The fraction of sp³-hybridized carbons (Fsp3) is 0.429. The Labute approximate surface area is 54.7 Å². The lowest BCUT2D eigenvalue weighted by Gasteiger charge is -2.04. The first-order valence-corrected chi connectivity index (χ1v) is 3.72. The van der Waals surface area contributed by atoms with Crippen LogP contribution >= 0.6 is 11.8 Å². The smallest absolute Gasteiger partial charge is 0.0232 e. The zero-order valence-electron chi connectivity index (χ0n) is 5.19. The molecule has 1 radical (unpaired) electrons. The molecule has 0 unspecified atom stereocenters. The van der Waals surface area contributed by atoms with Crippen LogP contribution in [0, 0.1) is 6.08 Å². The molecule has 0 atom stereocenters. The average Bonchev–Trinajstić information content (AvgIpc) is 1.77. The molecule has 0 aromatic heterocycles. The van der Waals surface area contributed by atoms with Crippen molar-refractivity contribution in [1.29, 1.82) is 0 Å². The van der Waals surface area contributed by atoms with E-state index in [1.807, 2.05) is 11.8 Å². The summed E-state index contributed by atoms with van der Waals surface area (Å²) in [5.74, 6) is 1.03. The molecule has 1 aliphatic rings. The van der Waals surface area contributed by atoms with Crippen LogP contribution < -0.4 is 0 Å². The lowest BCUT2D eigenvalue weighted by Crippen LogP contribution is -1.86. The quantitative estimate of drug-likeness (QED) is 0.479. The Morgan fingerprint density at radius 1 is 1.62 bits per heavy atom. The van der Waals surface area contributed by atoms with E-state index in [0.717, 1.165) is 5.75 Å². The zero-order chi connectivity index (χ0) is 5.98. The van der Waals surface area contributed by atoms with Gasteiger partial charge in [-0.05, 0) is 36.5 Å². The predicted molar refractivity (Wildman–Crippen MR) is 38.6 cm³/mol. The molecule has 0 saturated carbocycles. The normalized spacial score (nSPS) is 19.8. The van der Waals surface area contributed by atoms with E-state index in [2.05, 4.69) is 25.3 Å². The highest BCUT2D eigenvalue weighted by atomic mass is 32.2. The third kappa shape index (κ3) is 1.16. The predicted octanol–water partition coefficient (Wildman–Crippen LogP) is 2.39. The van der Waals surface area contributed by atoms with E-state index in [9.17, 15) is 0 Å². The van der Waals surface area contributed by atoms with E-state index in [-0.39, 0.29) is 0 Å². The van der Waals surface area contributed by atoms with Gasteiger partial charge in [-0.1, -0.05) is 0 Å². The van der Waals surface area contributed by atoms with Crippen LogP contribution in [-0.2, 0) is 0 Å². The van der Waals surface area contributed by atoms with Crippen LogP contribution in [0.4, 0.5) is 0 Å². The van der Waals surface area contributed by atoms with E-state index in [0.29, 0.717) is 0 Å². The average molecular weight is 125 g/mol. The Hall–Kier alpha value is -0.170. The molecule has 1 heterocycles. The van der Waals surface area contributed by atoms with Gasteiger partial charge < -0.3 is 0 Å². The van der Waals surface area contributed by atoms with Gasteiger partial charge in [-0.2, -0.15) is 0 Å². The fourth-order valence-electron chi connectivity index (χ4n) is 0.544. The number of hydrogen-bond donors (Lipinski definition) is 0. The van der Waals surface area contributed by atoms with Crippen LogP contribution in [0.1, 0.15) is 13.8 Å². The van der Waals surface area contributed by atoms with Gasteiger partial charge in [-0.15, -0.1) is 11.8 Å². The zero-order valence-corrected chi connectivity index (χ0v) is 6.01. The van der Waals surface area contributed by atoms with Gasteiger partial charge in [-0.3, -0.25) is 0 Å². The second-order valence-electron chi connectivity index (χ2n) is 1.91. The van der Waals surface area contributed by atoms with E-state index in [4.69, 9.17) is 0 Å². The van der Waals surface area contributed by atoms with E-state index < -0.39 is 0 Å². The first kappa shape index (κ1) is 5.96. The summed E-state index contributed by atoms with van der Waals surface area (Å²) in [6.07, 6.45) is 3.24. The largest absolute Gasteiger partial charge is 0.129 e. The molecule has 1 aliphatic heterocycles. The van der Waals surface area contributed by atoms with Crippen molar-refractivity contribution in [2.45, 2.75) is 13.8 Å². The summed E-state index contributed by atoms with van der Waals surface area (Å²) in [5.41, 5.74) is 2.67. The third-order valence-electron chi connectivity index (χ3n) is 1.27. The molecule has 1 heteroatoms. The minimum absolute atomic E-state index is 1.03.